The summed E-state index contributed by atoms with van der Waals surface area (Å²) in [4.78, 5) is 44.6. The van der Waals surface area contributed by atoms with Crippen LogP contribution >= 0.6 is 19.4 Å². The van der Waals surface area contributed by atoms with Crippen LogP contribution in [-0.4, -0.2) is 56.9 Å². The van der Waals surface area contributed by atoms with Gasteiger partial charge in [0.15, 0.2) is 0 Å². The molecule has 1 atom stereocenters. The Bertz CT molecular complexity index is 948. The van der Waals surface area contributed by atoms with Crippen LogP contribution in [0, 0.1) is 0 Å². The van der Waals surface area contributed by atoms with E-state index in [-0.39, 0.29) is 17.6 Å². The first-order valence-electron chi connectivity index (χ1n) is 10.0. The molecule has 1 fully saturated rings. The Morgan fingerprint density at radius 3 is 2.67 bits per heavy atom. The Balaban J connectivity index is 1.51. The zero-order valence-corrected chi connectivity index (χ0v) is 18.4. The van der Waals surface area contributed by atoms with Gasteiger partial charge in [-0.05, 0) is 42.0 Å². The third kappa shape index (κ3) is 6.57. The number of carbonyl (C=O) groups excluding carboxylic acids is 2. The van der Waals surface area contributed by atoms with E-state index in [2.05, 4.69) is 35.6 Å². The van der Waals surface area contributed by atoms with E-state index in [0.29, 0.717) is 25.9 Å². The molecule has 3 rings (SSSR count). The van der Waals surface area contributed by atoms with E-state index in [1.165, 1.54) is 5.39 Å². The minimum absolute atomic E-state index is 0.0357. The Kier molecular flexibility index (Phi) is 7.94. The molecule has 0 spiro atoms. The Morgan fingerprint density at radius 1 is 1.13 bits per heavy atom. The molecule has 1 aliphatic heterocycles. The highest BCUT2D eigenvalue weighted by Crippen LogP contribution is 2.38. The number of hydrogen-bond donors (Lipinski definition) is 3. The van der Waals surface area contributed by atoms with E-state index >= 15 is 0 Å². The van der Waals surface area contributed by atoms with Crippen molar-refractivity contribution in [3.63, 3.8) is 0 Å². The van der Waals surface area contributed by atoms with Crippen LogP contribution in [0.1, 0.15) is 24.8 Å². The number of carbonyl (C=O) groups is 2. The van der Waals surface area contributed by atoms with Crippen molar-refractivity contribution in [1.29, 1.82) is 0 Å². The number of rotatable bonds is 8. The maximum absolute atomic E-state index is 12.7. The molecule has 9 heteroatoms. The summed E-state index contributed by atoms with van der Waals surface area (Å²) in [6.45, 7) is 0.987. The zero-order valence-electron chi connectivity index (χ0n) is 16.7. The molecule has 0 saturated carbocycles. The second kappa shape index (κ2) is 10.4. The summed E-state index contributed by atoms with van der Waals surface area (Å²) in [6.07, 6.45) is 3.02. The molecule has 30 heavy (non-hydrogen) atoms. The Hall–Kier alpha value is -1.86. The van der Waals surface area contributed by atoms with Crippen molar-refractivity contribution in [3.05, 3.63) is 48.0 Å². The van der Waals surface area contributed by atoms with Gasteiger partial charge in [0.2, 0.25) is 11.8 Å². The van der Waals surface area contributed by atoms with E-state index in [9.17, 15) is 14.2 Å². The number of piperidine rings is 1. The van der Waals surface area contributed by atoms with Gasteiger partial charge < -0.3 is 20.0 Å². The predicted molar refractivity (Wildman–Crippen MR) is 119 cm³/mol. The molecule has 1 saturated heterocycles. The molecular formula is C21H27N2O5PS. The third-order valence-corrected chi connectivity index (χ3v) is 7.66. The molecule has 2 aromatic rings. The molecule has 0 radical (unpaired) electrons. The first kappa shape index (κ1) is 22.8. The molecule has 162 valence electrons. The summed E-state index contributed by atoms with van der Waals surface area (Å²) in [6, 6.07) is 13.9. The predicted octanol–water partition coefficient (Wildman–Crippen LogP) is 2.75. The van der Waals surface area contributed by atoms with Gasteiger partial charge in [0.05, 0.1) is 11.2 Å². The van der Waals surface area contributed by atoms with Gasteiger partial charge in [-0.25, -0.2) is 0 Å². The van der Waals surface area contributed by atoms with Crippen molar-refractivity contribution in [2.24, 2.45) is 0 Å². The summed E-state index contributed by atoms with van der Waals surface area (Å²) in [5.74, 6) is -0.446. The van der Waals surface area contributed by atoms with E-state index < -0.39 is 19.1 Å². The Morgan fingerprint density at radius 2 is 1.90 bits per heavy atom. The molecule has 0 aromatic heterocycles. The maximum Gasteiger partial charge on any atom is 0.335 e. The number of likely N-dealkylation sites (tertiary alicyclic amines) is 1. The van der Waals surface area contributed by atoms with E-state index in [4.69, 9.17) is 9.79 Å². The zero-order chi connectivity index (χ0) is 21.6. The van der Waals surface area contributed by atoms with Crippen molar-refractivity contribution in [2.75, 3.05) is 24.3 Å². The lowest BCUT2D eigenvalue weighted by molar-refractivity contribution is -0.140. The quantitative estimate of drug-likeness (QED) is 0.534. The lowest BCUT2D eigenvalue weighted by Crippen LogP contribution is -2.52. The van der Waals surface area contributed by atoms with Gasteiger partial charge in [0.25, 0.3) is 0 Å². The van der Waals surface area contributed by atoms with Crippen LogP contribution in [0.2, 0.25) is 0 Å². The molecule has 7 nitrogen and oxygen atoms in total. The van der Waals surface area contributed by atoms with Crippen LogP contribution in [0.15, 0.2) is 42.5 Å². The van der Waals surface area contributed by atoms with E-state index in [1.807, 2.05) is 12.1 Å². The van der Waals surface area contributed by atoms with E-state index in [0.717, 1.165) is 35.6 Å². The van der Waals surface area contributed by atoms with Crippen molar-refractivity contribution < 1.29 is 23.9 Å². The summed E-state index contributed by atoms with van der Waals surface area (Å²) < 4.78 is 11.0. The average Bonchev–Trinajstić information content (AvgIpc) is 2.72. The van der Waals surface area contributed by atoms with Gasteiger partial charge in [-0.2, -0.15) is 0 Å². The third-order valence-electron chi connectivity index (χ3n) is 5.14. The molecule has 1 aliphatic rings. The normalized spacial score (nSPS) is 17.1. The average molecular weight is 450 g/mol. The number of amides is 2. The maximum atomic E-state index is 12.7. The van der Waals surface area contributed by atoms with Crippen LogP contribution in [-0.2, 0) is 20.6 Å². The highest BCUT2D eigenvalue weighted by atomic mass is 32.2. The first-order chi connectivity index (χ1) is 14.3. The molecule has 0 unspecified atom stereocenters. The van der Waals surface area contributed by atoms with Crippen LogP contribution in [0.25, 0.3) is 10.8 Å². The lowest BCUT2D eigenvalue weighted by Gasteiger charge is -2.34. The SMILES string of the molecule is O=C(NCCc1ccc2ccccc2c1)[C@@H]1CCCCN1C(=O)CSCP(=O)(O)O. The number of hydrogen-bond acceptors (Lipinski definition) is 4. The van der Waals surface area contributed by atoms with Crippen molar-refractivity contribution in [3.8, 4) is 0 Å². The van der Waals surface area contributed by atoms with Gasteiger partial charge in [-0.3, -0.25) is 14.2 Å². The van der Waals surface area contributed by atoms with Crippen molar-refractivity contribution in [2.45, 2.75) is 31.7 Å². The summed E-state index contributed by atoms with van der Waals surface area (Å²) in [5.41, 5.74) is 0.745. The fourth-order valence-corrected chi connectivity index (χ4v) is 5.34. The largest absolute Gasteiger partial charge is 0.354 e. The van der Waals surface area contributed by atoms with Crippen LogP contribution in [0.3, 0.4) is 0 Å². The number of nitrogens with one attached hydrogen (secondary N) is 1. The van der Waals surface area contributed by atoms with E-state index in [1.54, 1.807) is 4.90 Å². The highest BCUT2D eigenvalue weighted by molar-refractivity contribution is 8.04. The molecule has 0 bridgehead atoms. The van der Waals surface area contributed by atoms with Gasteiger partial charge in [-0.15, -0.1) is 11.8 Å². The summed E-state index contributed by atoms with van der Waals surface area (Å²) in [5, 5.41) is 5.29. The first-order valence-corrected chi connectivity index (χ1v) is 13.0. The summed E-state index contributed by atoms with van der Waals surface area (Å²) >= 11 is 0.906. The molecule has 1 heterocycles. The fourth-order valence-electron chi connectivity index (χ4n) is 3.68. The van der Waals surface area contributed by atoms with Crippen LogP contribution in [0.4, 0.5) is 0 Å². The number of benzene rings is 2. The summed E-state index contributed by atoms with van der Waals surface area (Å²) in [7, 11) is -4.14. The Labute approximate surface area is 180 Å². The number of nitrogens with zero attached hydrogens (tertiary/aromatic N) is 1. The minimum atomic E-state index is -4.14. The highest BCUT2D eigenvalue weighted by Gasteiger charge is 2.32. The second-order valence-electron chi connectivity index (χ2n) is 7.46. The molecule has 0 aliphatic carbocycles. The van der Waals surface area contributed by atoms with Crippen LogP contribution in [0.5, 0.6) is 0 Å². The minimum Gasteiger partial charge on any atom is -0.354 e. The lowest BCUT2D eigenvalue weighted by atomic mass is 10.0. The van der Waals surface area contributed by atoms with Gasteiger partial charge in [0, 0.05) is 13.1 Å². The topological polar surface area (TPSA) is 107 Å². The molecule has 2 amide bonds. The second-order valence-corrected chi connectivity index (χ2v) is 10.5. The molecular weight excluding hydrogens is 423 g/mol. The number of fused-ring (bicyclic) bond motifs is 1. The van der Waals surface area contributed by atoms with Crippen LogP contribution < -0.4 is 5.32 Å². The van der Waals surface area contributed by atoms with Crippen molar-refractivity contribution >= 4 is 41.9 Å². The standard InChI is InChI=1S/C21H27N2O5PS/c24-20(14-30-15-29(26,27)28)23-12-4-3-7-19(23)21(25)22-11-10-16-8-9-17-5-1-2-6-18(17)13-16/h1-2,5-6,8-9,13,19H,3-4,7,10-12,14-15H2,(H,22,25)(H2,26,27,28)/t19-/m0/s1. The molecule has 2 aromatic carbocycles. The van der Waals surface area contributed by atoms with Crippen molar-refractivity contribution in [1.82, 2.24) is 10.2 Å². The number of thioether (sulfide) groups is 1. The van der Waals surface area contributed by atoms with Gasteiger partial charge in [0.1, 0.15) is 6.04 Å². The smallest absolute Gasteiger partial charge is 0.335 e. The van der Waals surface area contributed by atoms with Gasteiger partial charge >= 0.3 is 7.60 Å². The monoisotopic (exact) mass is 450 g/mol. The molecule has 3 N–H and O–H groups in total. The fraction of sp³-hybridized carbons (Fsp3) is 0.429. The van der Waals surface area contributed by atoms with Gasteiger partial charge in [-0.1, -0.05) is 42.5 Å².